The van der Waals surface area contributed by atoms with Crippen LogP contribution in [0.25, 0.3) is 0 Å². The fraction of sp³-hybridized carbons (Fsp3) is 0.727. The smallest absolute Gasteiger partial charge is 0.0641 e. The summed E-state index contributed by atoms with van der Waals surface area (Å²) in [5.74, 6) is 0.899. The lowest BCUT2D eigenvalue weighted by molar-refractivity contribution is 0.546. The Morgan fingerprint density at radius 1 is 1.43 bits per heavy atom. The highest BCUT2D eigenvalue weighted by Gasteiger charge is 2.23. The Morgan fingerprint density at radius 3 is 2.71 bits per heavy atom. The molecule has 2 rings (SSSR count). The standard InChI is InChI=1S/C11H19N3/c1-8-11(6-12-3)9(2)14(13-8)7-10-4-5-10/h10,12H,4-7H2,1-3H3. The average Bonchev–Trinajstić information content (AvgIpc) is 2.91. The van der Waals surface area contributed by atoms with Crippen LogP contribution in [0.1, 0.15) is 29.8 Å². The summed E-state index contributed by atoms with van der Waals surface area (Å²) in [6, 6.07) is 0. The molecule has 1 aromatic heterocycles. The van der Waals surface area contributed by atoms with E-state index in [4.69, 9.17) is 0 Å². The SMILES string of the molecule is CNCc1c(C)nn(CC2CC2)c1C. The molecule has 1 fully saturated rings. The predicted octanol–water partition coefficient (Wildman–Crippen LogP) is 1.63. The summed E-state index contributed by atoms with van der Waals surface area (Å²) in [7, 11) is 1.98. The first kappa shape index (κ1) is 9.71. The van der Waals surface area contributed by atoms with Crippen molar-refractivity contribution in [2.24, 2.45) is 5.92 Å². The topological polar surface area (TPSA) is 29.9 Å². The number of rotatable bonds is 4. The van der Waals surface area contributed by atoms with Crippen LogP contribution in [0.4, 0.5) is 0 Å². The Kier molecular flexibility index (Phi) is 2.59. The summed E-state index contributed by atoms with van der Waals surface area (Å²) in [6.07, 6.45) is 2.78. The van der Waals surface area contributed by atoms with Gasteiger partial charge in [0.05, 0.1) is 5.69 Å². The van der Waals surface area contributed by atoms with E-state index in [1.165, 1.54) is 29.8 Å². The van der Waals surface area contributed by atoms with E-state index in [0.717, 1.165) is 19.0 Å². The van der Waals surface area contributed by atoms with E-state index in [9.17, 15) is 0 Å². The minimum absolute atomic E-state index is 0.899. The largest absolute Gasteiger partial charge is 0.316 e. The van der Waals surface area contributed by atoms with Gasteiger partial charge in [-0.05, 0) is 39.7 Å². The molecule has 1 aliphatic rings. The van der Waals surface area contributed by atoms with Crippen molar-refractivity contribution >= 4 is 0 Å². The molecule has 0 unspecified atom stereocenters. The van der Waals surface area contributed by atoms with Gasteiger partial charge >= 0.3 is 0 Å². The maximum absolute atomic E-state index is 4.59. The molecule has 1 N–H and O–H groups in total. The van der Waals surface area contributed by atoms with Crippen LogP contribution in [-0.4, -0.2) is 16.8 Å². The van der Waals surface area contributed by atoms with Gasteiger partial charge in [0.25, 0.3) is 0 Å². The van der Waals surface area contributed by atoms with Gasteiger partial charge in [0.2, 0.25) is 0 Å². The molecule has 78 valence electrons. The fourth-order valence-corrected chi connectivity index (χ4v) is 1.89. The summed E-state index contributed by atoms with van der Waals surface area (Å²) < 4.78 is 2.18. The zero-order chi connectivity index (χ0) is 10.1. The summed E-state index contributed by atoms with van der Waals surface area (Å²) in [5.41, 5.74) is 3.88. The van der Waals surface area contributed by atoms with Gasteiger partial charge in [-0.1, -0.05) is 0 Å². The van der Waals surface area contributed by atoms with Crippen molar-refractivity contribution in [1.29, 1.82) is 0 Å². The molecule has 3 nitrogen and oxygen atoms in total. The lowest BCUT2D eigenvalue weighted by atomic mass is 10.2. The number of aryl methyl sites for hydroxylation is 1. The third-order valence-corrected chi connectivity index (χ3v) is 3.01. The van der Waals surface area contributed by atoms with Crippen LogP contribution in [0.5, 0.6) is 0 Å². The molecule has 0 radical (unpaired) electrons. The molecule has 1 aromatic rings. The van der Waals surface area contributed by atoms with E-state index in [-0.39, 0.29) is 0 Å². The molecule has 0 aliphatic heterocycles. The molecular formula is C11H19N3. The molecule has 0 bridgehead atoms. The molecule has 1 aliphatic carbocycles. The van der Waals surface area contributed by atoms with E-state index in [1.54, 1.807) is 0 Å². The molecule has 0 aromatic carbocycles. The van der Waals surface area contributed by atoms with Crippen LogP contribution in [0.15, 0.2) is 0 Å². The van der Waals surface area contributed by atoms with Crippen LogP contribution in [0, 0.1) is 19.8 Å². The van der Waals surface area contributed by atoms with E-state index in [2.05, 4.69) is 28.9 Å². The second kappa shape index (κ2) is 3.73. The first-order valence-electron chi connectivity index (χ1n) is 5.40. The Hall–Kier alpha value is -0.830. The summed E-state index contributed by atoms with van der Waals surface area (Å²) >= 11 is 0. The maximum Gasteiger partial charge on any atom is 0.0641 e. The minimum Gasteiger partial charge on any atom is -0.316 e. The second-order valence-electron chi connectivity index (χ2n) is 4.31. The molecule has 0 spiro atoms. The number of nitrogens with zero attached hydrogens (tertiary/aromatic N) is 2. The van der Waals surface area contributed by atoms with Gasteiger partial charge in [-0.3, -0.25) is 4.68 Å². The molecule has 0 saturated heterocycles. The Labute approximate surface area is 85.5 Å². The van der Waals surface area contributed by atoms with Gasteiger partial charge in [0.15, 0.2) is 0 Å². The second-order valence-corrected chi connectivity index (χ2v) is 4.31. The molecule has 3 heteroatoms. The van der Waals surface area contributed by atoms with Crippen molar-refractivity contribution < 1.29 is 0 Å². The lowest BCUT2D eigenvalue weighted by Gasteiger charge is -2.03. The van der Waals surface area contributed by atoms with Crippen LogP contribution < -0.4 is 5.32 Å². The van der Waals surface area contributed by atoms with E-state index < -0.39 is 0 Å². The number of nitrogens with one attached hydrogen (secondary N) is 1. The fourth-order valence-electron chi connectivity index (χ4n) is 1.89. The van der Waals surface area contributed by atoms with Gasteiger partial charge in [-0.15, -0.1) is 0 Å². The van der Waals surface area contributed by atoms with E-state index >= 15 is 0 Å². The third-order valence-electron chi connectivity index (χ3n) is 3.01. The zero-order valence-corrected chi connectivity index (χ0v) is 9.30. The van der Waals surface area contributed by atoms with Crippen molar-refractivity contribution in [1.82, 2.24) is 15.1 Å². The van der Waals surface area contributed by atoms with Crippen molar-refractivity contribution in [2.75, 3.05) is 7.05 Å². The number of aromatic nitrogens is 2. The Morgan fingerprint density at radius 2 is 2.14 bits per heavy atom. The Balaban J connectivity index is 2.18. The normalized spacial score (nSPS) is 16.2. The summed E-state index contributed by atoms with van der Waals surface area (Å²) in [4.78, 5) is 0. The van der Waals surface area contributed by atoms with Crippen molar-refractivity contribution in [3.05, 3.63) is 17.0 Å². The minimum atomic E-state index is 0.899. The molecular weight excluding hydrogens is 174 g/mol. The van der Waals surface area contributed by atoms with Crippen molar-refractivity contribution in [3.63, 3.8) is 0 Å². The van der Waals surface area contributed by atoms with E-state index in [0.29, 0.717) is 0 Å². The van der Waals surface area contributed by atoms with Gasteiger partial charge < -0.3 is 5.32 Å². The molecule has 0 amide bonds. The van der Waals surface area contributed by atoms with Gasteiger partial charge in [-0.2, -0.15) is 5.10 Å². The van der Waals surface area contributed by atoms with Crippen LogP contribution >= 0.6 is 0 Å². The first-order valence-corrected chi connectivity index (χ1v) is 5.40. The first-order chi connectivity index (χ1) is 6.72. The molecule has 0 atom stereocenters. The van der Waals surface area contributed by atoms with Gasteiger partial charge in [0, 0.05) is 24.3 Å². The average molecular weight is 193 g/mol. The highest BCUT2D eigenvalue weighted by atomic mass is 15.3. The third kappa shape index (κ3) is 1.82. The van der Waals surface area contributed by atoms with Crippen molar-refractivity contribution in [3.8, 4) is 0 Å². The lowest BCUT2D eigenvalue weighted by Crippen LogP contribution is -2.08. The van der Waals surface area contributed by atoms with Crippen LogP contribution in [-0.2, 0) is 13.1 Å². The number of hydrogen-bond acceptors (Lipinski definition) is 2. The van der Waals surface area contributed by atoms with E-state index in [1.807, 2.05) is 7.05 Å². The highest BCUT2D eigenvalue weighted by Crippen LogP contribution is 2.31. The maximum atomic E-state index is 4.59. The quantitative estimate of drug-likeness (QED) is 0.787. The number of hydrogen-bond donors (Lipinski definition) is 1. The van der Waals surface area contributed by atoms with Crippen LogP contribution in [0.3, 0.4) is 0 Å². The van der Waals surface area contributed by atoms with Crippen molar-refractivity contribution in [2.45, 2.75) is 39.8 Å². The highest BCUT2D eigenvalue weighted by molar-refractivity contribution is 5.24. The molecule has 1 heterocycles. The summed E-state index contributed by atoms with van der Waals surface area (Å²) in [6.45, 7) is 6.33. The summed E-state index contributed by atoms with van der Waals surface area (Å²) in [5, 5.41) is 7.78. The van der Waals surface area contributed by atoms with Gasteiger partial charge in [-0.25, -0.2) is 0 Å². The predicted molar refractivity (Wildman–Crippen MR) is 57.2 cm³/mol. The Bertz CT molecular complexity index is 324. The van der Waals surface area contributed by atoms with Crippen LogP contribution in [0.2, 0.25) is 0 Å². The monoisotopic (exact) mass is 193 g/mol. The zero-order valence-electron chi connectivity index (χ0n) is 9.30. The molecule has 1 saturated carbocycles. The van der Waals surface area contributed by atoms with Gasteiger partial charge in [0.1, 0.15) is 0 Å². The molecule has 14 heavy (non-hydrogen) atoms.